The lowest BCUT2D eigenvalue weighted by Gasteiger charge is -2.13. The number of hydrogen-bond acceptors (Lipinski definition) is 6. The Kier molecular flexibility index (Phi) is 4.96. The maximum atomic E-state index is 5.63. The zero-order valence-corrected chi connectivity index (χ0v) is 13.7. The van der Waals surface area contributed by atoms with Crippen LogP contribution in [0.2, 0.25) is 0 Å². The summed E-state index contributed by atoms with van der Waals surface area (Å²) in [5.41, 5.74) is 1.73. The van der Waals surface area contributed by atoms with Crippen LogP contribution in [-0.4, -0.2) is 16.6 Å². The maximum absolute atomic E-state index is 5.63. The van der Waals surface area contributed by atoms with E-state index in [9.17, 15) is 0 Å². The molecule has 0 aliphatic rings. The molecule has 2 N–H and O–H groups in total. The minimum absolute atomic E-state index is 0.533. The van der Waals surface area contributed by atoms with Crippen LogP contribution in [0, 0.1) is 6.92 Å². The highest BCUT2D eigenvalue weighted by molar-refractivity contribution is 5.64. The van der Waals surface area contributed by atoms with Crippen molar-refractivity contribution in [2.75, 3.05) is 17.2 Å². The van der Waals surface area contributed by atoms with Gasteiger partial charge in [-0.1, -0.05) is 12.1 Å². The van der Waals surface area contributed by atoms with Crippen LogP contribution in [0.5, 0.6) is 5.75 Å². The molecular formula is C18H20N4O2. The van der Waals surface area contributed by atoms with Crippen molar-refractivity contribution in [3.8, 4) is 5.75 Å². The highest BCUT2D eigenvalue weighted by atomic mass is 16.5. The second kappa shape index (κ2) is 7.50. The van der Waals surface area contributed by atoms with Crippen molar-refractivity contribution in [2.45, 2.75) is 20.4 Å². The zero-order chi connectivity index (χ0) is 16.8. The molecule has 0 amide bonds. The first-order chi connectivity index (χ1) is 11.7. The van der Waals surface area contributed by atoms with Crippen LogP contribution in [0.4, 0.5) is 17.5 Å². The van der Waals surface area contributed by atoms with Gasteiger partial charge in [0, 0.05) is 11.8 Å². The van der Waals surface area contributed by atoms with Crippen LogP contribution in [0.25, 0.3) is 0 Å². The summed E-state index contributed by atoms with van der Waals surface area (Å²) in [6.45, 7) is 5.03. The summed E-state index contributed by atoms with van der Waals surface area (Å²) in [6, 6.07) is 13.4. The van der Waals surface area contributed by atoms with Gasteiger partial charge in [0.25, 0.3) is 0 Å². The lowest BCUT2D eigenvalue weighted by Crippen LogP contribution is -2.06. The van der Waals surface area contributed by atoms with Gasteiger partial charge in [-0.25, -0.2) is 4.98 Å². The molecule has 0 saturated heterocycles. The quantitative estimate of drug-likeness (QED) is 0.681. The number of benzene rings is 1. The molecule has 2 heterocycles. The minimum Gasteiger partial charge on any atom is -0.492 e. The molecule has 0 aliphatic heterocycles. The van der Waals surface area contributed by atoms with Gasteiger partial charge in [0.2, 0.25) is 5.95 Å². The molecule has 2 aromatic heterocycles. The average Bonchev–Trinajstić information content (AvgIpc) is 3.08. The van der Waals surface area contributed by atoms with E-state index in [-0.39, 0.29) is 0 Å². The van der Waals surface area contributed by atoms with E-state index in [1.54, 1.807) is 6.26 Å². The molecule has 0 unspecified atom stereocenters. The summed E-state index contributed by atoms with van der Waals surface area (Å²) in [5.74, 6) is 2.87. The molecule has 6 nitrogen and oxygen atoms in total. The van der Waals surface area contributed by atoms with Crippen molar-refractivity contribution in [3.63, 3.8) is 0 Å². The fourth-order valence-electron chi connectivity index (χ4n) is 2.28. The largest absolute Gasteiger partial charge is 0.492 e. The summed E-state index contributed by atoms with van der Waals surface area (Å²) in [6.07, 6.45) is 1.64. The molecule has 0 fully saturated rings. The number of anilines is 3. The smallest absolute Gasteiger partial charge is 0.225 e. The van der Waals surface area contributed by atoms with E-state index >= 15 is 0 Å². The molecule has 0 saturated carbocycles. The molecule has 6 heteroatoms. The predicted molar refractivity (Wildman–Crippen MR) is 93.7 cm³/mol. The molecule has 3 rings (SSSR count). The molecular weight excluding hydrogens is 304 g/mol. The number of hydrogen-bond donors (Lipinski definition) is 2. The monoisotopic (exact) mass is 324 g/mol. The van der Waals surface area contributed by atoms with Crippen molar-refractivity contribution >= 4 is 17.5 Å². The van der Waals surface area contributed by atoms with E-state index < -0.39 is 0 Å². The summed E-state index contributed by atoms with van der Waals surface area (Å²) in [7, 11) is 0. The van der Waals surface area contributed by atoms with Gasteiger partial charge in [0.1, 0.15) is 17.3 Å². The Labute approximate surface area is 140 Å². The third-order valence-electron chi connectivity index (χ3n) is 3.30. The van der Waals surface area contributed by atoms with E-state index in [0.29, 0.717) is 24.9 Å². The number of nitrogens with one attached hydrogen (secondary N) is 2. The third-order valence-corrected chi connectivity index (χ3v) is 3.30. The van der Waals surface area contributed by atoms with Gasteiger partial charge in [-0.15, -0.1) is 0 Å². The number of ether oxygens (including phenoxy) is 1. The number of nitrogens with zero attached hydrogens (tertiary/aromatic N) is 2. The summed E-state index contributed by atoms with van der Waals surface area (Å²) in [5, 5.41) is 6.46. The van der Waals surface area contributed by atoms with Crippen molar-refractivity contribution in [3.05, 3.63) is 60.2 Å². The molecule has 0 aliphatic carbocycles. The second-order valence-corrected chi connectivity index (χ2v) is 5.21. The lowest BCUT2D eigenvalue weighted by molar-refractivity contribution is 0.342. The first-order valence-corrected chi connectivity index (χ1v) is 7.85. The first-order valence-electron chi connectivity index (χ1n) is 7.85. The number of aromatic nitrogens is 2. The number of furan rings is 1. The Hall–Kier alpha value is -3.02. The van der Waals surface area contributed by atoms with Gasteiger partial charge in [0.15, 0.2) is 0 Å². The molecule has 3 aromatic rings. The molecule has 0 atom stereocenters. The Morgan fingerprint density at radius 1 is 1.12 bits per heavy atom. The van der Waals surface area contributed by atoms with Crippen LogP contribution < -0.4 is 15.4 Å². The van der Waals surface area contributed by atoms with Crippen LogP contribution in [0.1, 0.15) is 18.4 Å². The van der Waals surface area contributed by atoms with Crippen LogP contribution in [0.3, 0.4) is 0 Å². The van der Waals surface area contributed by atoms with Crippen LogP contribution >= 0.6 is 0 Å². The molecule has 1 aromatic carbocycles. The highest BCUT2D eigenvalue weighted by Gasteiger charge is 2.07. The van der Waals surface area contributed by atoms with Gasteiger partial charge >= 0.3 is 0 Å². The Morgan fingerprint density at radius 2 is 2.00 bits per heavy atom. The third kappa shape index (κ3) is 4.04. The average molecular weight is 324 g/mol. The molecule has 24 heavy (non-hydrogen) atoms. The number of aryl methyl sites for hydroxylation is 1. The molecule has 0 radical (unpaired) electrons. The second-order valence-electron chi connectivity index (χ2n) is 5.21. The fourth-order valence-corrected chi connectivity index (χ4v) is 2.28. The van der Waals surface area contributed by atoms with Crippen molar-refractivity contribution < 1.29 is 9.15 Å². The fraction of sp³-hybridized carbons (Fsp3) is 0.222. The number of rotatable bonds is 7. The van der Waals surface area contributed by atoms with Gasteiger partial charge in [-0.05, 0) is 38.1 Å². The normalized spacial score (nSPS) is 10.4. The van der Waals surface area contributed by atoms with Gasteiger partial charge in [0.05, 0.1) is 25.1 Å². The SMILES string of the molecule is CCOc1ccccc1Nc1cc(C)nc(NCc2ccco2)n1. The summed E-state index contributed by atoms with van der Waals surface area (Å²) < 4.78 is 10.9. The topological polar surface area (TPSA) is 72.2 Å². The van der Waals surface area contributed by atoms with Crippen LogP contribution in [0.15, 0.2) is 53.1 Å². The van der Waals surface area contributed by atoms with Gasteiger partial charge in [-0.3, -0.25) is 0 Å². The highest BCUT2D eigenvalue weighted by Crippen LogP contribution is 2.27. The van der Waals surface area contributed by atoms with E-state index in [1.807, 2.05) is 56.3 Å². The number of para-hydroxylation sites is 2. The summed E-state index contributed by atoms with van der Waals surface area (Å²) in [4.78, 5) is 8.90. The zero-order valence-electron chi connectivity index (χ0n) is 13.7. The van der Waals surface area contributed by atoms with E-state index in [2.05, 4.69) is 20.6 Å². The Bertz CT molecular complexity index is 787. The Morgan fingerprint density at radius 3 is 2.79 bits per heavy atom. The first kappa shape index (κ1) is 15.9. The van der Waals surface area contributed by atoms with Gasteiger partial charge in [-0.2, -0.15) is 4.98 Å². The van der Waals surface area contributed by atoms with Gasteiger partial charge < -0.3 is 19.8 Å². The maximum Gasteiger partial charge on any atom is 0.225 e. The standard InChI is InChI=1S/C18H20N4O2/c1-3-23-16-9-5-4-8-15(16)21-17-11-13(2)20-18(22-17)19-12-14-7-6-10-24-14/h4-11H,3,12H2,1-2H3,(H2,19,20,21,22). The molecule has 0 bridgehead atoms. The molecule has 124 valence electrons. The minimum atomic E-state index is 0.533. The van der Waals surface area contributed by atoms with Crippen molar-refractivity contribution in [2.24, 2.45) is 0 Å². The molecule has 0 spiro atoms. The van der Waals surface area contributed by atoms with E-state index in [0.717, 1.165) is 22.9 Å². The van der Waals surface area contributed by atoms with Crippen molar-refractivity contribution in [1.82, 2.24) is 9.97 Å². The summed E-state index contributed by atoms with van der Waals surface area (Å²) >= 11 is 0. The Balaban J connectivity index is 1.76. The van der Waals surface area contributed by atoms with Crippen LogP contribution in [-0.2, 0) is 6.54 Å². The van der Waals surface area contributed by atoms with Crippen molar-refractivity contribution in [1.29, 1.82) is 0 Å². The predicted octanol–water partition coefficient (Wildman–Crippen LogP) is 4.13. The van der Waals surface area contributed by atoms with E-state index in [1.165, 1.54) is 0 Å². The van der Waals surface area contributed by atoms with E-state index in [4.69, 9.17) is 9.15 Å². The lowest BCUT2D eigenvalue weighted by atomic mass is 10.3.